The number of hydrogen-bond donors (Lipinski definition) is 3. The van der Waals surface area contributed by atoms with E-state index in [9.17, 15) is 4.79 Å². The molecule has 4 aliphatic rings. The van der Waals surface area contributed by atoms with E-state index in [4.69, 9.17) is 4.98 Å². The second kappa shape index (κ2) is 10.4. The van der Waals surface area contributed by atoms with Crippen LogP contribution in [-0.4, -0.2) is 24.0 Å². The molecule has 4 saturated carbocycles. The van der Waals surface area contributed by atoms with Gasteiger partial charge in [-0.3, -0.25) is 4.79 Å². The van der Waals surface area contributed by atoms with Crippen LogP contribution in [0.5, 0.6) is 0 Å². The number of anilines is 2. The number of carbonyl (C=O) groups is 1. The molecule has 0 atom stereocenters. The Labute approximate surface area is 220 Å². The van der Waals surface area contributed by atoms with E-state index in [2.05, 4.69) is 53.2 Å². The highest BCUT2D eigenvalue weighted by molar-refractivity contribution is 6.01. The number of fused-ring (bicyclic) bond motifs is 1. The van der Waals surface area contributed by atoms with Gasteiger partial charge in [-0.2, -0.15) is 0 Å². The standard InChI is InChI=1S/C32H40N4O/c1-22-6-2-3-7-26(22)21-33-12-5-13-34-30-11-10-27-28(35-30)8-4-9-29(27)36-31(37)20-32-17-23-14-24(18-32)16-25(15-23)19-32/h2-4,6-11,23-25,33H,5,12-21H2,1H3,(H,34,35)(H,36,37). The highest BCUT2D eigenvalue weighted by atomic mass is 16.1. The van der Waals surface area contributed by atoms with Gasteiger partial charge in [0.1, 0.15) is 5.82 Å². The fraction of sp³-hybridized carbons (Fsp3) is 0.500. The lowest BCUT2D eigenvalue weighted by molar-refractivity contribution is -0.124. The molecule has 4 bridgehead atoms. The van der Waals surface area contributed by atoms with Crippen molar-refractivity contribution in [1.29, 1.82) is 0 Å². The third-order valence-electron chi connectivity index (χ3n) is 9.12. The normalized spacial score (nSPS) is 25.9. The van der Waals surface area contributed by atoms with Crippen molar-refractivity contribution >= 4 is 28.3 Å². The number of nitrogens with zero attached hydrogens (tertiary/aromatic N) is 1. The number of aryl methyl sites for hydroxylation is 1. The number of amides is 1. The van der Waals surface area contributed by atoms with Crippen molar-refractivity contribution in [3.8, 4) is 0 Å². The van der Waals surface area contributed by atoms with Crippen molar-refractivity contribution in [3.05, 3.63) is 65.7 Å². The van der Waals surface area contributed by atoms with Crippen LogP contribution >= 0.6 is 0 Å². The Balaban J connectivity index is 1.01. The van der Waals surface area contributed by atoms with Crippen molar-refractivity contribution in [2.24, 2.45) is 23.2 Å². The van der Waals surface area contributed by atoms with Gasteiger partial charge in [-0.25, -0.2) is 4.98 Å². The van der Waals surface area contributed by atoms with E-state index in [0.29, 0.717) is 6.42 Å². The topological polar surface area (TPSA) is 66.0 Å². The van der Waals surface area contributed by atoms with E-state index in [1.807, 2.05) is 24.3 Å². The molecule has 2 aromatic carbocycles. The molecule has 7 rings (SSSR count). The maximum atomic E-state index is 13.2. The fourth-order valence-electron chi connectivity index (χ4n) is 7.87. The van der Waals surface area contributed by atoms with Crippen molar-refractivity contribution in [1.82, 2.24) is 10.3 Å². The molecule has 0 radical (unpaired) electrons. The fourth-order valence-corrected chi connectivity index (χ4v) is 7.87. The number of nitrogens with one attached hydrogen (secondary N) is 3. The Hall–Kier alpha value is -2.92. The monoisotopic (exact) mass is 496 g/mol. The van der Waals surface area contributed by atoms with Crippen molar-refractivity contribution in [2.75, 3.05) is 23.7 Å². The average molecular weight is 497 g/mol. The van der Waals surface area contributed by atoms with Crippen LogP contribution in [0.4, 0.5) is 11.5 Å². The molecule has 1 aromatic heterocycles. The van der Waals surface area contributed by atoms with Crippen LogP contribution in [0.15, 0.2) is 54.6 Å². The molecular weight excluding hydrogens is 456 g/mol. The summed E-state index contributed by atoms with van der Waals surface area (Å²) in [5, 5.41) is 11.2. The second-order valence-corrected chi connectivity index (χ2v) is 12.1. The minimum atomic E-state index is 0.176. The first-order valence-corrected chi connectivity index (χ1v) is 14.2. The van der Waals surface area contributed by atoms with Gasteiger partial charge in [-0.1, -0.05) is 30.3 Å². The molecule has 3 N–H and O–H groups in total. The van der Waals surface area contributed by atoms with Gasteiger partial charge >= 0.3 is 0 Å². The van der Waals surface area contributed by atoms with Crippen LogP contribution in [0.1, 0.15) is 62.5 Å². The van der Waals surface area contributed by atoms with Crippen molar-refractivity contribution in [3.63, 3.8) is 0 Å². The summed E-state index contributed by atoms with van der Waals surface area (Å²) in [6.45, 7) is 4.87. The SMILES string of the molecule is Cc1ccccc1CNCCCNc1ccc2c(NC(=O)CC34CC5CC(CC(C5)C3)C4)cccc2n1. The highest BCUT2D eigenvalue weighted by Crippen LogP contribution is 2.61. The van der Waals surface area contributed by atoms with Crippen LogP contribution in [0.3, 0.4) is 0 Å². The smallest absolute Gasteiger partial charge is 0.224 e. The molecule has 1 heterocycles. The van der Waals surface area contributed by atoms with Crippen LogP contribution in [-0.2, 0) is 11.3 Å². The summed E-state index contributed by atoms with van der Waals surface area (Å²) >= 11 is 0. The Morgan fingerprint density at radius 3 is 2.43 bits per heavy atom. The number of hydrogen-bond acceptors (Lipinski definition) is 4. The first kappa shape index (κ1) is 24.4. The zero-order chi connectivity index (χ0) is 25.2. The number of carbonyl (C=O) groups excluding carboxylic acids is 1. The van der Waals surface area contributed by atoms with Crippen LogP contribution in [0.2, 0.25) is 0 Å². The van der Waals surface area contributed by atoms with Crippen molar-refractivity contribution < 1.29 is 4.79 Å². The molecule has 0 aliphatic heterocycles. The molecule has 194 valence electrons. The van der Waals surface area contributed by atoms with Gasteiger partial charge in [0.05, 0.1) is 11.2 Å². The largest absolute Gasteiger partial charge is 0.370 e. The molecule has 0 unspecified atom stereocenters. The van der Waals surface area contributed by atoms with Gasteiger partial charge in [0.2, 0.25) is 5.91 Å². The predicted octanol–water partition coefficient (Wildman–Crippen LogP) is 6.68. The van der Waals surface area contributed by atoms with Gasteiger partial charge < -0.3 is 16.0 Å². The summed E-state index contributed by atoms with van der Waals surface area (Å²) in [6, 6.07) is 18.7. The van der Waals surface area contributed by atoms with Gasteiger partial charge in [0, 0.05) is 24.9 Å². The molecule has 4 aliphatic carbocycles. The third-order valence-corrected chi connectivity index (χ3v) is 9.12. The summed E-state index contributed by atoms with van der Waals surface area (Å²) in [5.41, 5.74) is 4.74. The van der Waals surface area contributed by atoms with Crippen LogP contribution < -0.4 is 16.0 Å². The molecule has 0 spiro atoms. The van der Waals surface area contributed by atoms with E-state index < -0.39 is 0 Å². The van der Waals surface area contributed by atoms with Gasteiger partial charge in [-0.05, 0) is 117 Å². The molecule has 1 amide bonds. The maximum absolute atomic E-state index is 13.2. The first-order valence-electron chi connectivity index (χ1n) is 14.2. The summed E-state index contributed by atoms with van der Waals surface area (Å²) in [5.74, 6) is 3.67. The van der Waals surface area contributed by atoms with Gasteiger partial charge in [-0.15, -0.1) is 0 Å². The molecule has 5 nitrogen and oxygen atoms in total. The maximum Gasteiger partial charge on any atom is 0.224 e. The van der Waals surface area contributed by atoms with Gasteiger partial charge in [0.25, 0.3) is 0 Å². The average Bonchev–Trinajstić information content (AvgIpc) is 2.86. The minimum Gasteiger partial charge on any atom is -0.370 e. The summed E-state index contributed by atoms with van der Waals surface area (Å²) in [4.78, 5) is 18.0. The lowest BCUT2D eigenvalue weighted by Crippen LogP contribution is -2.47. The zero-order valence-corrected chi connectivity index (χ0v) is 22.1. The Morgan fingerprint density at radius 1 is 0.919 bits per heavy atom. The predicted molar refractivity (Wildman–Crippen MR) is 152 cm³/mol. The quantitative estimate of drug-likeness (QED) is 0.274. The second-order valence-electron chi connectivity index (χ2n) is 12.1. The van der Waals surface area contributed by atoms with E-state index in [0.717, 1.165) is 66.2 Å². The number of benzene rings is 2. The summed E-state index contributed by atoms with van der Waals surface area (Å²) < 4.78 is 0. The Morgan fingerprint density at radius 2 is 1.68 bits per heavy atom. The highest BCUT2D eigenvalue weighted by Gasteiger charge is 2.51. The number of rotatable bonds is 10. The van der Waals surface area contributed by atoms with Crippen LogP contribution in [0, 0.1) is 30.1 Å². The first-order chi connectivity index (χ1) is 18.1. The molecule has 3 aromatic rings. The van der Waals surface area contributed by atoms with E-state index in [-0.39, 0.29) is 11.3 Å². The van der Waals surface area contributed by atoms with E-state index in [1.165, 1.54) is 49.7 Å². The minimum absolute atomic E-state index is 0.176. The zero-order valence-electron chi connectivity index (χ0n) is 22.1. The van der Waals surface area contributed by atoms with Gasteiger partial charge in [0.15, 0.2) is 0 Å². The third kappa shape index (κ3) is 5.52. The molecule has 0 saturated heterocycles. The molecule has 37 heavy (non-hydrogen) atoms. The number of pyridine rings is 1. The van der Waals surface area contributed by atoms with E-state index in [1.54, 1.807) is 0 Å². The summed E-state index contributed by atoms with van der Waals surface area (Å²) in [7, 11) is 0. The summed E-state index contributed by atoms with van der Waals surface area (Å²) in [6.07, 6.45) is 9.73. The molecular formula is C32H40N4O. The van der Waals surface area contributed by atoms with Crippen LogP contribution in [0.25, 0.3) is 10.9 Å². The Bertz CT molecular complexity index is 1230. The molecule has 4 fully saturated rings. The van der Waals surface area contributed by atoms with Crippen molar-refractivity contribution in [2.45, 2.75) is 64.8 Å². The van der Waals surface area contributed by atoms with E-state index >= 15 is 0 Å². The lowest BCUT2D eigenvalue weighted by Gasteiger charge is -2.56. The Kier molecular flexibility index (Phi) is 6.90. The lowest BCUT2D eigenvalue weighted by atomic mass is 9.49. The molecule has 5 heteroatoms. The number of aromatic nitrogens is 1.